The van der Waals surface area contributed by atoms with Gasteiger partial charge in [0.2, 0.25) is 5.78 Å². The second-order valence-electron chi connectivity index (χ2n) is 5.84. The number of aromatic nitrogens is 3. The first-order valence-electron chi connectivity index (χ1n) is 7.69. The Morgan fingerprint density at radius 2 is 1.95 bits per heavy atom. The highest BCUT2D eigenvalue weighted by Gasteiger charge is 2.18. The maximum absolute atomic E-state index is 13.8. The summed E-state index contributed by atoms with van der Waals surface area (Å²) in [5.74, 6) is 0.462. The third kappa shape index (κ3) is 2.03. The molecule has 3 rings (SSSR count). The van der Waals surface area contributed by atoms with Crippen molar-refractivity contribution in [2.45, 2.75) is 46.5 Å². The van der Waals surface area contributed by atoms with Gasteiger partial charge in [0.15, 0.2) is 0 Å². The number of halogens is 1. The fraction of sp³-hybridized carbons (Fsp3) is 0.412. The Labute approximate surface area is 128 Å². The van der Waals surface area contributed by atoms with Gasteiger partial charge in [0, 0.05) is 17.3 Å². The van der Waals surface area contributed by atoms with Crippen molar-refractivity contribution in [2.24, 2.45) is 0 Å². The molecule has 2 heterocycles. The average Bonchev–Trinajstić information content (AvgIpc) is 2.83. The van der Waals surface area contributed by atoms with Crippen molar-refractivity contribution in [1.29, 1.82) is 0 Å². The van der Waals surface area contributed by atoms with Crippen molar-refractivity contribution in [3.05, 3.63) is 45.1 Å². The molecule has 5 heteroatoms. The Morgan fingerprint density at radius 3 is 2.59 bits per heavy atom. The summed E-state index contributed by atoms with van der Waals surface area (Å²) in [5.41, 5.74) is 3.17. The van der Waals surface area contributed by atoms with Crippen molar-refractivity contribution in [3.63, 3.8) is 0 Å². The Morgan fingerprint density at radius 1 is 1.27 bits per heavy atom. The Balaban J connectivity index is 2.41. The summed E-state index contributed by atoms with van der Waals surface area (Å²) in [6.07, 6.45) is 1.91. The number of rotatable bonds is 3. The standard InChI is InChI=1S/C17H20FN3O/c1-5-11(6-2)15-10(4)16(22)21-14-8-12(18)9(3)7-13(14)19-17(21)20-15/h7-8,11H,5-6H2,1-4H3,(H,19,20). The molecule has 0 atom stereocenters. The molecule has 0 amide bonds. The van der Waals surface area contributed by atoms with Crippen molar-refractivity contribution in [2.75, 3.05) is 0 Å². The summed E-state index contributed by atoms with van der Waals surface area (Å²) in [6, 6.07) is 3.06. The SMILES string of the molecule is CCC(CC)c1[nH]c2nc3cc(C)c(F)cc3n2c(=O)c1C. The van der Waals surface area contributed by atoms with Crippen molar-refractivity contribution >= 4 is 16.8 Å². The van der Waals surface area contributed by atoms with Gasteiger partial charge in [-0.2, -0.15) is 0 Å². The van der Waals surface area contributed by atoms with Gasteiger partial charge in [-0.05, 0) is 44.2 Å². The second-order valence-corrected chi connectivity index (χ2v) is 5.84. The van der Waals surface area contributed by atoms with Gasteiger partial charge in [0.1, 0.15) is 5.82 Å². The number of benzene rings is 1. The van der Waals surface area contributed by atoms with E-state index in [0.29, 0.717) is 33.9 Å². The van der Waals surface area contributed by atoms with Crippen molar-refractivity contribution in [3.8, 4) is 0 Å². The molecule has 0 aliphatic rings. The number of hydrogen-bond donors (Lipinski definition) is 1. The fourth-order valence-electron chi connectivity index (χ4n) is 3.09. The minimum Gasteiger partial charge on any atom is -0.328 e. The number of imidazole rings is 1. The van der Waals surface area contributed by atoms with Crippen LogP contribution in [-0.2, 0) is 0 Å². The van der Waals surface area contributed by atoms with Crippen LogP contribution in [0.4, 0.5) is 4.39 Å². The molecule has 0 aliphatic carbocycles. The normalized spacial score (nSPS) is 11.9. The van der Waals surface area contributed by atoms with Gasteiger partial charge in [-0.1, -0.05) is 13.8 Å². The van der Waals surface area contributed by atoms with E-state index in [1.54, 1.807) is 13.0 Å². The average molecular weight is 301 g/mol. The molecule has 4 nitrogen and oxygen atoms in total. The minimum absolute atomic E-state index is 0.124. The van der Waals surface area contributed by atoms with Gasteiger partial charge in [-0.3, -0.25) is 4.79 Å². The van der Waals surface area contributed by atoms with Gasteiger partial charge in [0.05, 0.1) is 11.0 Å². The lowest BCUT2D eigenvalue weighted by molar-refractivity contribution is 0.616. The van der Waals surface area contributed by atoms with E-state index >= 15 is 0 Å². The predicted molar refractivity (Wildman–Crippen MR) is 86.1 cm³/mol. The number of aryl methyl sites for hydroxylation is 1. The molecule has 0 bridgehead atoms. The lowest BCUT2D eigenvalue weighted by Crippen LogP contribution is -2.21. The molecule has 2 aromatic heterocycles. The summed E-state index contributed by atoms with van der Waals surface area (Å²) in [7, 11) is 0. The monoisotopic (exact) mass is 301 g/mol. The highest BCUT2D eigenvalue weighted by molar-refractivity contribution is 5.80. The van der Waals surface area contributed by atoms with Crippen LogP contribution in [0.15, 0.2) is 16.9 Å². The summed E-state index contributed by atoms with van der Waals surface area (Å²) in [5, 5.41) is 0. The molecule has 0 saturated carbocycles. The number of H-pyrrole nitrogens is 1. The molecule has 22 heavy (non-hydrogen) atoms. The number of nitrogens with zero attached hydrogens (tertiary/aromatic N) is 2. The van der Waals surface area contributed by atoms with Gasteiger partial charge in [0.25, 0.3) is 5.56 Å². The van der Waals surface area contributed by atoms with E-state index in [2.05, 4.69) is 23.8 Å². The first-order chi connectivity index (χ1) is 10.5. The molecule has 3 aromatic rings. The third-order valence-corrected chi connectivity index (χ3v) is 4.50. The van der Waals surface area contributed by atoms with E-state index in [9.17, 15) is 9.18 Å². The molecule has 0 fully saturated rings. The predicted octanol–water partition coefficient (Wildman–Crippen LogP) is 3.84. The first-order valence-corrected chi connectivity index (χ1v) is 7.69. The van der Waals surface area contributed by atoms with E-state index in [0.717, 1.165) is 18.5 Å². The topological polar surface area (TPSA) is 50.2 Å². The molecule has 0 aliphatic heterocycles. The highest BCUT2D eigenvalue weighted by Crippen LogP contribution is 2.25. The summed E-state index contributed by atoms with van der Waals surface area (Å²) < 4.78 is 15.3. The molecule has 116 valence electrons. The van der Waals surface area contributed by atoms with Crippen LogP contribution in [0, 0.1) is 19.7 Å². The number of aromatic amines is 1. The first kappa shape index (κ1) is 14.8. The van der Waals surface area contributed by atoms with Gasteiger partial charge >= 0.3 is 0 Å². The summed E-state index contributed by atoms with van der Waals surface area (Å²) in [4.78, 5) is 20.5. The third-order valence-electron chi connectivity index (χ3n) is 4.50. The zero-order chi connectivity index (χ0) is 16.0. The van der Waals surface area contributed by atoms with Crippen molar-refractivity contribution < 1.29 is 4.39 Å². The van der Waals surface area contributed by atoms with Crippen LogP contribution in [0.25, 0.3) is 16.8 Å². The molecule has 0 saturated heterocycles. The maximum Gasteiger partial charge on any atom is 0.262 e. The lowest BCUT2D eigenvalue weighted by atomic mass is 9.96. The lowest BCUT2D eigenvalue weighted by Gasteiger charge is -2.15. The Kier molecular flexibility index (Phi) is 3.51. The molecule has 1 N–H and O–H groups in total. The number of hydrogen-bond acceptors (Lipinski definition) is 2. The molecule has 0 spiro atoms. The van der Waals surface area contributed by atoms with E-state index in [-0.39, 0.29) is 11.4 Å². The molecule has 0 unspecified atom stereocenters. The zero-order valence-corrected chi connectivity index (χ0v) is 13.3. The smallest absolute Gasteiger partial charge is 0.262 e. The number of nitrogens with one attached hydrogen (secondary N) is 1. The van der Waals surface area contributed by atoms with Crippen molar-refractivity contribution in [1.82, 2.24) is 14.4 Å². The van der Waals surface area contributed by atoms with Crippen LogP contribution in [0.1, 0.15) is 49.4 Å². The fourth-order valence-corrected chi connectivity index (χ4v) is 3.09. The molecular formula is C17H20FN3O. The van der Waals surface area contributed by atoms with Crippen LogP contribution < -0.4 is 5.56 Å². The van der Waals surface area contributed by atoms with Crippen LogP contribution >= 0.6 is 0 Å². The quantitative estimate of drug-likeness (QED) is 0.799. The van der Waals surface area contributed by atoms with Gasteiger partial charge in [-0.15, -0.1) is 0 Å². The Bertz CT molecular complexity index is 919. The summed E-state index contributed by atoms with van der Waals surface area (Å²) >= 11 is 0. The van der Waals surface area contributed by atoms with Gasteiger partial charge in [-0.25, -0.2) is 13.8 Å². The molecule has 0 radical (unpaired) electrons. The largest absolute Gasteiger partial charge is 0.328 e. The maximum atomic E-state index is 13.8. The number of fused-ring (bicyclic) bond motifs is 3. The Hall–Kier alpha value is -2.17. The van der Waals surface area contributed by atoms with Crippen LogP contribution in [-0.4, -0.2) is 14.4 Å². The second kappa shape index (κ2) is 5.23. The minimum atomic E-state index is -0.324. The highest BCUT2D eigenvalue weighted by atomic mass is 19.1. The zero-order valence-electron chi connectivity index (χ0n) is 13.3. The van der Waals surface area contributed by atoms with Crippen LogP contribution in [0.2, 0.25) is 0 Å². The van der Waals surface area contributed by atoms with E-state index < -0.39 is 0 Å². The van der Waals surface area contributed by atoms with Crippen LogP contribution in [0.5, 0.6) is 0 Å². The van der Waals surface area contributed by atoms with E-state index in [1.807, 2.05) is 6.92 Å². The molecule has 1 aromatic carbocycles. The van der Waals surface area contributed by atoms with E-state index in [1.165, 1.54) is 10.5 Å². The molecular weight excluding hydrogens is 281 g/mol. The van der Waals surface area contributed by atoms with Crippen LogP contribution in [0.3, 0.4) is 0 Å². The van der Waals surface area contributed by atoms with E-state index in [4.69, 9.17) is 0 Å². The summed E-state index contributed by atoms with van der Waals surface area (Å²) in [6.45, 7) is 7.73. The van der Waals surface area contributed by atoms with Gasteiger partial charge < -0.3 is 4.98 Å².